The number of amides is 2. The summed E-state index contributed by atoms with van der Waals surface area (Å²) in [6, 6.07) is 17.8. The summed E-state index contributed by atoms with van der Waals surface area (Å²) in [4.78, 5) is 27.2. The zero-order valence-corrected chi connectivity index (χ0v) is 21.7. The van der Waals surface area contributed by atoms with Crippen molar-refractivity contribution in [2.45, 2.75) is 24.7 Å². The van der Waals surface area contributed by atoms with Crippen molar-refractivity contribution in [3.05, 3.63) is 72.3 Å². The Labute approximate surface area is 216 Å². The lowest BCUT2D eigenvalue weighted by atomic mass is 10.1. The molecule has 2 amide bonds. The van der Waals surface area contributed by atoms with Gasteiger partial charge in [-0.1, -0.05) is 24.3 Å². The molecule has 3 aromatic rings. The first kappa shape index (κ1) is 26.0. The number of anilines is 3. The molecule has 0 saturated carbocycles. The highest BCUT2D eigenvalue weighted by Crippen LogP contribution is 2.34. The lowest BCUT2D eigenvalue weighted by Gasteiger charge is -2.25. The first-order valence-electron chi connectivity index (χ1n) is 11.8. The molecule has 1 aliphatic rings. The van der Waals surface area contributed by atoms with Gasteiger partial charge in [-0.3, -0.25) is 13.9 Å². The number of methoxy groups -OCH3 is 2. The number of carbonyl (C=O) groups is 2. The highest BCUT2D eigenvalue weighted by Gasteiger charge is 2.28. The van der Waals surface area contributed by atoms with E-state index in [0.29, 0.717) is 30.2 Å². The molecule has 37 heavy (non-hydrogen) atoms. The van der Waals surface area contributed by atoms with Crippen LogP contribution in [0.3, 0.4) is 0 Å². The molecule has 0 aromatic heterocycles. The predicted molar refractivity (Wildman–Crippen MR) is 142 cm³/mol. The highest BCUT2D eigenvalue weighted by molar-refractivity contribution is 7.92. The van der Waals surface area contributed by atoms with Crippen molar-refractivity contribution in [1.82, 2.24) is 0 Å². The van der Waals surface area contributed by atoms with Gasteiger partial charge in [0, 0.05) is 30.4 Å². The minimum atomic E-state index is -4.10. The summed E-state index contributed by atoms with van der Waals surface area (Å²) < 4.78 is 38.9. The van der Waals surface area contributed by atoms with Gasteiger partial charge in [-0.05, 0) is 55.3 Å². The summed E-state index contributed by atoms with van der Waals surface area (Å²) in [6.45, 7) is 2.04. The number of aryl methyl sites for hydroxylation is 1. The van der Waals surface area contributed by atoms with Crippen molar-refractivity contribution in [2.75, 3.05) is 41.8 Å². The van der Waals surface area contributed by atoms with Crippen molar-refractivity contribution in [3.8, 4) is 11.5 Å². The summed E-state index contributed by atoms with van der Waals surface area (Å²) in [7, 11) is -1.17. The number of sulfonamides is 1. The third-order valence-corrected chi connectivity index (χ3v) is 7.92. The Hall–Kier alpha value is -4.05. The maximum atomic E-state index is 13.6. The summed E-state index contributed by atoms with van der Waals surface area (Å²) in [5.41, 5.74) is 2.35. The Bertz CT molecular complexity index is 1410. The van der Waals surface area contributed by atoms with E-state index in [1.165, 1.54) is 32.4 Å². The average Bonchev–Trinajstić information content (AvgIpc) is 3.33. The third kappa shape index (κ3) is 5.54. The quantitative estimate of drug-likeness (QED) is 0.455. The lowest BCUT2D eigenvalue weighted by Crippen LogP contribution is -2.38. The molecule has 194 valence electrons. The molecule has 0 spiro atoms. The summed E-state index contributed by atoms with van der Waals surface area (Å²) in [6.07, 6.45) is 1.28. The molecule has 1 aliphatic heterocycles. The van der Waals surface area contributed by atoms with Crippen LogP contribution in [-0.4, -0.2) is 47.5 Å². The molecule has 0 unspecified atom stereocenters. The number of nitrogens with one attached hydrogen (secondary N) is 1. The summed E-state index contributed by atoms with van der Waals surface area (Å²) >= 11 is 0. The Morgan fingerprint density at radius 3 is 2.38 bits per heavy atom. The number of benzene rings is 3. The number of hydrogen-bond acceptors (Lipinski definition) is 6. The SMILES string of the molecule is COc1ccc(N(CC(=O)Nc2ccc(C)c(N3CCCC3=O)c2)S(=O)(=O)c2ccccc2)cc1OC. The third-order valence-electron chi connectivity index (χ3n) is 6.13. The Morgan fingerprint density at radius 1 is 1.00 bits per heavy atom. The standard InChI is InChI=1S/C27H29N3O6S/c1-19-11-12-20(16-23(19)29-15-7-10-27(29)32)28-26(31)18-30(37(33,34)22-8-5-4-6-9-22)21-13-14-24(35-2)25(17-21)36-3/h4-6,8-9,11-14,16-17H,7,10,15,18H2,1-3H3,(H,28,31). The fourth-order valence-electron chi connectivity index (χ4n) is 4.23. The molecular weight excluding hydrogens is 494 g/mol. The monoisotopic (exact) mass is 523 g/mol. The average molecular weight is 524 g/mol. The second-order valence-electron chi connectivity index (χ2n) is 8.56. The first-order chi connectivity index (χ1) is 17.7. The van der Waals surface area contributed by atoms with Crippen LogP contribution in [0.4, 0.5) is 17.1 Å². The number of hydrogen-bond donors (Lipinski definition) is 1. The minimum Gasteiger partial charge on any atom is -0.493 e. The number of nitrogens with zero attached hydrogens (tertiary/aromatic N) is 2. The van der Waals surface area contributed by atoms with Crippen molar-refractivity contribution < 1.29 is 27.5 Å². The summed E-state index contributed by atoms with van der Waals surface area (Å²) in [5, 5.41) is 2.78. The van der Waals surface area contributed by atoms with Crippen LogP contribution >= 0.6 is 0 Å². The Balaban J connectivity index is 1.65. The van der Waals surface area contributed by atoms with E-state index in [4.69, 9.17) is 9.47 Å². The zero-order valence-electron chi connectivity index (χ0n) is 20.9. The van der Waals surface area contributed by atoms with Gasteiger partial charge in [0.1, 0.15) is 6.54 Å². The van der Waals surface area contributed by atoms with Crippen LogP contribution in [0.5, 0.6) is 11.5 Å². The van der Waals surface area contributed by atoms with Gasteiger partial charge in [0.2, 0.25) is 11.8 Å². The second kappa shape index (κ2) is 10.9. The van der Waals surface area contributed by atoms with Gasteiger partial charge in [0.25, 0.3) is 10.0 Å². The van der Waals surface area contributed by atoms with Crippen LogP contribution in [0.15, 0.2) is 71.6 Å². The number of rotatable bonds is 9. The maximum Gasteiger partial charge on any atom is 0.264 e. The largest absolute Gasteiger partial charge is 0.493 e. The van der Waals surface area contributed by atoms with Crippen LogP contribution < -0.4 is 24.0 Å². The van der Waals surface area contributed by atoms with Gasteiger partial charge in [-0.25, -0.2) is 8.42 Å². The molecule has 0 atom stereocenters. The van der Waals surface area contributed by atoms with Crippen LogP contribution in [-0.2, 0) is 19.6 Å². The molecule has 3 aromatic carbocycles. The Kier molecular flexibility index (Phi) is 7.68. The molecule has 0 radical (unpaired) electrons. The molecule has 10 heteroatoms. The predicted octanol–water partition coefficient (Wildman–Crippen LogP) is 3.97. The topological polar surface area (TPSA) is 105 Å². The number of ether oxygens (including phenoxy) is 2. The van der Waals surface area contributed by atoms with E-state index in [9.17, 15) is 18.0 Å². The van der Waals surface area contributed by atoms with Crippen molar-refractivity contribution in [3.63, 3.8) is 0 Å². The summed E-state index contributed by atoms with van der Waals surface area (Å²) in [5.74, 6) is 0.250. The van der Waals surface area contributed by atoms with Gasteiger partial charge in [0.05, 0.1) is 24.8 Å². The van der Waals surface area contributed by atoms with Crippen LogP contribution in [0.2, 0.25) is 0 Å². The lowest BCUT2D eigenvalue weighted by molar-refractivity contribution is -0.117. The van der Waals surface area contributed by atoms with Gasteiger partial charge in [0.15, 0.2) is 11.5 Å². The van der Waals surface area contributed by atoms with Gasteiger partial charge in [-0.2, -0.15) is 0 Å². The van der Waals surface area contributed by atoms with E-state index in [2.05, 4.69) is 5.32 Å². The van der Waals surface area contributed by atoms with E-state index in [-0.39, 0.29) is 16.5 Å². The van der Waals surface area contributed by atoms with E-state index in [1.807, 2.05) is 13.0 Å². The fraction of sp³-hybridized carbons (Fsp3) is 0.259. The highest BCUT2D eigenvalue weighted by atomic mass is 32.2. The van der Waals surface area contributed by atoms with Crippen molar-refractivity contribution >= 4 is 38.9 Å². The molecule has 1 fully saturated rings. The van der Waals surface area contributed by atoms with Crippen LogP contribution in [0.25, 0.3) is 0 Å². The molecule has 1 saturated heterocycles. The van der Waals surface area contributed by atoms with Crippen LogP contribution in [0, 0.1) is 6.92 Å². The molecular formula is C27H29N3O6S. The van der Waals surface area contributed by atoms with Crippen LogP contribution in [0.1, 0.15) is 18.4 Å². The fourth-order valence-corrected chi connectivity index (χ4v) is 5.66. The molecule has 0 aliphatic carbocycles. The normalized spacial score (nSPS) is 13.4. The van der Waals surface area contributed by atoms with E-state index in [1.54, 1.807) is 47.4 Å². The zero-order chi connectivity index (χ0) is 26.6. The molecule has 4 rings (SSSR count). The molecule has 9 nitrogen and oxygen atoms in total. The molecule has 1 heterocycles. The van der Waals surface area contributed by atoms with Gasteiger partial charge < -0.3 is 19.7 Å². The second-order valence-corrected chi connectivity index (χ2v) is 10.4. The maximum absolute atomic E-state index is 13.6. The van der Waals surface area contributed by atoms with E-state index >= 15 is 0 Å². The van der Waals surface area contributed by atoms with E-state index in [0.717, 1.165) is 22.0 Å². The van der Waals surface area contributed by atoms with Gasteiger partial charge >= 0.3 is 0 Å². The molecule has 0 bridgehead atoms. The minimum absolute atomic E-state index is 0.0418. The van der Waals surface area contributed by atoms with E-state index < -0.39 is 22.5 Å². The Morgan fingerprint density at radius 2 is 1.73 bits per heavy atom. The number of carbonyl (C=O) groups excluding carboxylic acids is 2. The van der Waals surface area contributed by atoms with Gasteiger partial charge in [-0.15, -0.1) is 0 Å². The van der Waals surface area contributed by atoms with Crippen molar-refractivity contribution in [2.24, 2.45) is 0 Å². The first-order valence-corrected chi connectivity index (χ1v) is 13.2. The molecule has 1 N–H and O–H groups in total. The van der Waals surface area contributed by atoms with Crippen molar-refractivity contribution in [1.29, 1.82) is 0 Å². The smallest absolute Gasteiger partial charge is 0.264 e.